The van der Waals surface area contributed by atoms with E-state index in [1.807, 2.05) is 57.2 Å². The number of anilines is 2. The van der Waals surface area contributed by atoms with E-state index in [9.17, 15) is 0 Å². The number of likely N-dealkylation sites (N-methyl/N-ethyl adjacent to an activating group) is 1. The minimum absolute atomic E-state index is 0.521. The van der Waals surface area contributed by atoms with Crippen LogP contribution in [0.3, 0.4) is 0 Å². The summed E-state index contributed by atoms with van der Waals surface area (Å²) in [6, 6.07) is 11.8. The molecule has 0 amide bonds. The van der Waals surface area contributed by atoms with E-state index in [0.717, 1.165) is 56.8 Å². The second kappa shape index (κ2) is 18.9. The van der Waals surface area contributed by atoms with Gasteiger partial charge in [-0.25, -0.2) is 0 Å². The van der Waals surface area contributed by atoms with E-state index in [1.54, 1.807) is 0 Å². The quantitative estimate of drug-likeness (QED) is 0.380. The van der Waals surface area contributed by atoms with Crippen LogP contribution in [0.15, 0.2) is 36.4 Å². The lowest BCUT2D eigenvalue weighted by Crippen LogP contribution is -2.28. The van der Waals surface area contributed by atoms with Crippen molar-refractivity contribution in [2.75, 3.05) is 50.0 Å². The zero-order chi connectivity index (χ0) is 25.1. The molecule has 0 radical (unpaired) electrons. The van der Waals surface area contributed by atoms with Crippen LogP contribution in [0.1, 0.15) is 65.5 Å². The smallest absolute Gasteiger partial charge is 0.217 e. The Labute approximate surface area is 202 Å². The van der Waals surface area contributed by atoms with Gasteiger partial charge in [0.2, 0.25) is 5.88 Å². The lowest BCUT2D eigenvalue weighted by Gasteiger charge is -2.24. The van der Waals surface area contributed by atoms with Gasteiger partial charge in [-0.2, -0.15) is 4.98 Å². The first-order valence-electron chi connectivity index (χ1n) is 12.4. The molecule has 0 aliphatic heterocycles. The molecule has 0 fully saturated rings. The van der Waals surface area contributed by atoms with Gasteiger partial charge in [-0.15, -0.1) is 0 Å². The van der Waals surface area contributed by atoms with E-state index >= 15 is 0 Å². The Bertz CT molecular complexity index is 756. The number of ether oxygens (including phenoxy) is 1. The van der Waals surface area contributed by atoms with Crippen LogP contribution in [0.2, 0.25) is 0 Å². The number of hydrogen-bond donors (Lipinski definition) is 2. The number of aryl methyl sites for hydroxylation is 1. The number of nitrogen functional groups attached to an aromatic ring is 1. The summed E-state index contributed by atoms with van der Waals surface area (Å²) in [5.74, 6) is 1.15. The standard InChI is InChI=1S/C17H32N4O.C8H9N.C2H6/c1-5-9-21(10-6-2)15-13-16(18)19-17(14-15)22-12-11-20(7-3)8-4;1-7-3-2-4-8(5-7)6-9;1-2/h13-14H,5-12H2,1-4H3,(H2,18,19);2-6,9H,1H3;1-2H3. The molecule has 3 N–H and O–H groups in total. The molecule has 0 saturated heterocycles. The van der Waals surface area contributed by atoms with E-state index in [2.05, 4.69) is 42.5 Å². The molecule has 2 aromatic rings. The largest absolute Gasteiger partial charge is 0.476 e. The van der Waals surface area contributed by atoms with Crippen molar-refractivity contribution in [3.05, 3.63) is 47.5 Å². The Morgan fingerprint density at radius 3 is 2.09 bits per heavy atom. The maximum atomic E-state index is 6.92. The van der Waals surface area contributed by atoms with E-state index in [0.29, 0.717) is 18.3 Å². The first kappa shape index (κ1) is 30.4. The second-order valence-electron chi connectivity index (χ2n) is 7.51. The van der Waals surface area contributed by atoms with Crippen LogP contribution < -0.4 is 15.4 Å². The van der Waals surface area contributed by atoms with Crippen molar-refractivity contribution in [2.45, 2.75) is 61.3 Å². The highest BCUT2D eigenvalue weighted by Crippen LogP contribution is 2.23. The van der Waals surface area contributed by atoms with Crippen molar-refractivity contribution in [3.63, 3.8) is 0 Å². The van der Waals surface area contributed by atoms with Crippen molar-refractivity contribution in [3.8, 4) is 5.88 Å². The third-order valence-corrected chi connectivity index (χ3v) is 4.92. The highest BCUT2D eigenvalue weighted by atomic mass is 16.5. The highest BCUT2D eigenvalue weighted by molar-refractivity contribution is 5.76. The van der Waals surface area contributed by atoms with Gasteiger partial charge >= 0.3 is 0 Å². The van der Waals surface area contributed by atoms with E-state index in [-0.39, 0.29) is 0 Å². The summed E-state index contributed by atoms with van der Waals surface area (Å²) >= 11 is 0. The molecule has 1 aromatic carbocycles. The van der Waals surface area contributed by atoms with Crippen LogP contribution in [0, 0.1) is 12.3 Å². The summed E-state index contributed by atoms with van der Waals surface area (Å²) < 4.78 is 5.81. The first-order chi connectivity index (χ1) is 16.0. The van der Waals surface area contributed by atoms with Gasteiger partial charge in [-0.05, 0) is 38.4 Å². The van der Waals surface area contributed by atoms with Crippen LogP contribution in [-0.4, -0.2) is 55.4 Å². The molecular weight excluding hydrogens is 410 g/mol. The maximum Gasteiger partial charge on any atom is 0.217 e. The fraction of sp³-hybridized carbons (Fsp3) is 0.556. The number of benzene rings is 1. The molecule has 186 valence electrons. The molecule has 1 heterocycles. The topological polar surface area (TPSA) is 78.5 Å². The molecule has 0 aliphatic carbocycles. The zero-order valence-corrected chi connectivity index (χ0v) is 22.0. The average molecular weight is 458 g/mol. The van der Waals surface area contributed by atoms with Gasteiger partial charge < -0.3 is 25.7 Å². The molecule has 0 bridgehead atoms. The molecule has 0 saturated carbocycles. The number of rotatable bonds is 12. The summed E-state index contributed by atoms with van der Waals surface area (Å²) in [6.07, 6.45) is 3.58. The summed E-state index contributed by atoms with van der Waals surface area (Å²) in [6.45, 7) is 20.4. The van der Waals surface area contributed by atoms with Gasteiger partial charge in [0, 0.05) is 43.7 Å². The number of nitrogens with two attached hydrogens (primary N) is 1. The molecule has 2 rings (SSSR count). The van der Waals surface area contributed by atoms with Crippen LogP contribution in [0.5, 0.6) is 5.88 Å². The predicted octanol–water partition coefficient (Wildman–Crippen LogP) is 6.03. The molecular formula is C27H47N5O. The maximum absolute atomic E-state index is 6.92. The lowest BCUT2D eigenvalue weighted by atomic mass is 10.2. The number of nitrogens with zero attached hydrogens (tertiary/aromatic N) is 3. The molecule has 0 spiro atoms. The minimum Gasteiger partial charge on any atom is -0.476 e. The minimum atomic E-state index is 0.521. The number of nitrogens with one attached hydrogen (secondary N) is 1. The van der Waals surface area contributed by atoms with Crippen LogP contribution in [-0.2, 0) is 0 Å². The van der Waals surface area contributed by atoms with Crippen molar-refractivity contribution >= 4 is 17.7 Å². The van der Waals surface area contributed by atoms with Gasteiger partial charge in [0.15, 0.2) is 0 Å². The summed E-state index contributed by atoms with van der Waals surface area (Å²) in [4.78, 5) is 8.96. The molecule has 1 aromatic heterocycles. The third kappa shape index (κ3) is 12.9. The Hall–Kier alpha value is -2.60. The van der Waals surface area contributed by atoms with Gasteiger partial charge in [-0.3, -0.25) is 0 Å². The van der Waals surface area contributed by atoms with Crippen molar-refractivity contribution in [2.24, 2.45) is 0 Å². The molecule has 6 nitrogen and oxygen atoms in total. The fourth-order valence-electron chi connectivity index (χ4n) is 3.26. The number of hydrogen-bond acceptors (Lipinski definition) is 6. The predicted molar refractivity (Wildman–Crippen MR) is 145 cm³/mol. The summed E-state index contributed by atoms with van der Waals surface area (Å²) in [7, 11) is 0. The van der Waals surface area contributed by atoms with E-state index in [4.69, 9.17) is 15.9 Å². The lowest BCUT2D eigenvalue weighted by molar-refractivity contribution is 0.218. The van der Waals surface area contributed by atoms with Gasteiger partial charge in [0.1, 0.15) is 12.4 Å². The third-order valence-electron chi connectivity index (χ3n) is 4.92. The van der Waals surface area contributed by atoms with E-state index < -0.39 is 0 Å². The van der Waals surface area contributed by atoms with Gasteiger partial charge in [0.25, 0.3) is 0 Å². The Kier molecular flexibility index (Phi) is 17.4. The first-order valence-corrected chi connectivity index (χ1v) is 12.4. The van der Waals surface area contributed by atoms with Crippen LogP contribution >= 0.6 is 0 Å². The monoisotopic (exact) mass is 457 g/mol. The fourth-order valence-corrected chi connectivity index (χ4v) is 3.26. The number of pyridine rings is 1. The van der Waals surface area contributed by atoms with Gasteiger partial charge in [0.05, 0.1) is 0 Å². The van der Waals surface area contributed by atoms with E-state index in [1.165, 1.54) is 11.8 Å². The van der Waals surface area contributed by atoms with Gasteiger partial charge in [-0.1, -0.05) is 71.4 Å². The Morgan fingerprint density at radius 1 is 0.970 bits per heavy atom. The van der Waals surface area contributed by atoms with Crippen molar-refractivity contribution in [1.82, 2.24) is 9.88 Å². The molecule has 0 aliphatic rings. The average Bonchev–Trinajstić information content (AvgIpc) is 2.83. The zero-order valence-electron chi connectivity index (χ0n) is 22.0. The second-order valence-corrected chi connectivity index (χ2v) is 7.51. The molecule has 0 unspecified atom stereocenters. The molecule has 0 atom stereocenters. The van der Waals surface area contributed by atoms with Crippen LogP contribution in [0.25, 0.3) is 0 Å². The summed E-state index contributed by atoms with van der Waals surface area (Å²) in [5, 5.41) is 6.92. The number of aromatic nitrogens is 1. The molecule has 6 heteroatoms. The molecule has 33 heavy (non-hydrogen) atoms. The van der Waals surface area contributed by atoms with Crippen molar-refractivity contribution < 1.29 is 4.74 Å². The Balaban J connectivity index is 0.000000770. The highest BCUT2D eigenvalue weighted by Gasteiger charge is 2.09. The van der Waals surface area contributed by atoms with Crippen LogP contribution in [0.4, 0.5) is 11.5 Å². The normalized spacial score (nSPS) is 9.94. The SMILES string of the molecule is CC.CCCN(CCC)c1cc(N)nc(OCCN(CC)CC)c1.Cc1cccc(C=N)c1. The van der Waals surface area contributed by atoms with Crippen molar-refractivity contribution in [1.29, 1.82) is 5.41 Å². The Morgan fingerprint density at radius 2 is 1.61 bits per heavy atom. The summed E-state index contributed by atoms with van der Waals surface area (Å²) in [5.41, 5.74) is 9.22.